The number of aromatic nitrogens is 2. The fraction of sp³-hybridized carbons (Fsp3) is 0.667. The van der Waals surface area contributed by atoms with Gasteiger partial charge in [0.2, 0.25) is 0 Å². The van der Waals surface area contributed by atoms with Crippen LogP contribution in [0.4, 0.5) is 0 Å². The summed E-state index contributed by atoms with van der Waals surface area (Å²) in [7, 11) is 0. The molecule has 0 saturated carbocycles. The van der Waals surface area contributed by atoms with Gasteiger partial charge in [-0.15, -0.1) is 0 Å². The zero-order valence-corrected chi connectivity index (χ0v) is 10.1. The van der Waals surface area contributed by atoms with Crippen LogP contribution in [0.25, 0.3) is 0 Å². The second-order valence-corrected chi connectivity index (χ2v) is 3.94. The summed E-state index contributed by atoms with van der Waals surface area (Å²) in [6.07, 6.45) is 5.20. The molecule has 1 aromatic rings. The van der Waals surface area contributed by atoms with Gasteiger partial charge in [0, 0.05) is 18.9 Å². The van der Waals surface area contributed by atoms with Gasteiger partial charge in [0.05, 0.1) is 12.6 Å². The Morgan fingerprint density at radius 3 is 2.44 bits per heavy atom. The summed E-state index contributed by atoms with van der Waals surface area (Å²) in [6.45, 7) is 5.43. The van der Waals surface area contributed by atoms with Crippen LogP contribution < -0.4 is 5.32 Å². The van der Waals surface area contributed by atoms with Crippen molar-refractivity contribution in [1.82, 2.24) is 15.3 Å². The highest BCUT2D eigenvalue weighted by Gasteiger charge is 2.14. The van der Waals surface area contributed by atoms with Crippen molar-refractivity contribution in [2.75, 3.05) is 6.54 Å². The zero-order valence-electron chi connectivity index (χ0n) is 10.1. The molecule has 1 unspecified atom stereocenters. The molecule has 4 nitrogen and oxygen atoms in total. The van der Waals surface area contributed by atoms with Crippen LogP contribution in [0.15, 0.2) is 18.5 Å². The van der Waals surface area contributed by atoms with Gasteiger partial charge in [-0.1, -0.05) is 26.7 Å². The lowest BCUT2D eigenvalue weighted by molar-refractivity contribution is 0.101. The van der Waals surface area contributed by atoms with Crippen LogP contribution in [-0.2, 0) is 6.54 Å². The first kappa shape index (κ1) is 13.1. The zero-order chi connectivity index (χ0) is 11.8. The Morgan fingerprint density at radius 2 is 1.88 bits per heavy atom. The topological polar surface area (TPSA) is 58.0 Å². The van der Waals surface area contributed by atoms with Crippen LogP contribution in [0.3, 0.4) is 0 Å². The molecule has 16 heavy (non-hydrogen) atoms. The monoisotopic (exact) mass is 223 g/mol. The Balaban J connectivity index is 2.25. The minimum atomic E-state index is -0.279. The average Bonchev–Trinajstić information content (AvgIpc) is 2.32. The molecule has 1 rings (SSSR count). The molecule has 1 heterocycles. The standard InChI is InChI=1S/C12H21N3O/c1-3-10(4-2)11(16)8-13-9-12-14-6-5-7-15-12/h5-7,10-11,13,16H,3-4,8-9H2,1-2H3. The number of nitrogens with zero attached hydrogens (tertiary/aromatic N) is 2. The van der Waals surface area contributed by atoms with Gasteiger partial charge in [0.25, 0.3) is 0 Å². The van der Waals surface area contributed by atoms with E-state index >= 15 is 0 Å². The largest absolute Gasteiger partial charge is 0.392 e. The lowest BCUT2D eigenvalue weighted by Gasteiger charge is -2.20. The van der Waals surface area contributed by atoms with E-state index in [9.17, 15) is 5.11 Å². The predicted octanol–water partition coefficient (Wildman–Crippen LogP) is 1.36. The van der Waals surface area contributed by atoms with Crippen LogP contribution in [0.5, 0.6) is 0 Å². The van der Waals surface area contributed by atoms with Crippen molar-refractivity contribution in [2.45, 2.75) is 39.3 Å². The molecule has 0 aliphatic rings. The third-order valence-electron chi connectivity index (χ3n) is 2.85. The van der Waals surface area contributed by atoms with Crippen LogP contribution in [0.1, 0.15) is 32.5 Å². The maximum atomic E-state index is 9.88. The van der Waals surface area contributed by atoms with Gasteiger partial charge in [-0.05, 0) is 12.0 Å². The Bertz CT molecular complexity index is 275. The molecule has 0 aliphatic heterocycles. The van der Waals surface area contributed by atoms with Crippen molar-refractivity contribution < 1.29 is 5.11 Å². The fourth-order valence-electron chi connectivity index (χ4n) is 1.75. The SMILES string of the molecule is CCC(CC)C(O)CNCc1ncccn1. The van der Waals surface area contributed by atoms with Crippen molar-refractivity contribution in [1.29, 1.82) is 0 Å². The van der Waals surface area contributed by atoms with E-state index in [1.165, 1.54) is 0 Å². The molecule has 1 aromatic heterocycles. The summed E-state index contributed by atoms with van der Waals surface area (Å²) in [6, 6.07) is 1.79. The first-order valence-electron chi connectivity index (χ1n) is 5.92. The second-order valence-electron chi connectivity index (χ2n) is 3.94. The maximum Gasteiger partial charge on any atom is 0.141 e. The Hall–Kier alpha value is -1.00. The van der Waals surface area contributed by atoms with Gasteiger partial charge in [-0.2, -0.15) is 0 Å². The van der Waals surface area contributed by atoms with Gasteiger partial charge >= 0.3 is 0 Å². The Labute approximate surface area is 97.1 Å². The van der Waals surface area contributed by atoms with Crippen LogP contribution in [-0.4, -0.2) is 27.7 Å². The van der Waals surface area contributed by atoms with Gasteiger partial charge in [0.15, 0.2) is 0 Å². The summed E-state index contributed by atoms with van der Waals surface area (Å²) in [5, 5.41) is 13.1. The number of hydrogen-bond donors (Lipinski definition) is 2. The van der Waals surface area contributed by atoms with Crippen molar-refractivity contribution in [3.8, 4) is 0 Å². The molecule has 0 bridgehead atoms. The molecule has 0 spiro atoms. The molecule has 0 fully saturated rings. The highest BCUT2D eigenvalue weighted by atomic mass is 16.3. The van der Waals surface area contributed by atoms with E-state index in [0.29, 0.717) is 19.0 Å². The van der Waals surface area contributed by atoms with E-state index in [4.69, 9.17) is 0 Å². The van der Waals surface area contributed by atoms with Gasteiger partial charge < -0.3 is 10.4 Å². The van der Waals surface area contributed by atoms with Gasteiger partial charge in [-0.3, -0.25) is 0 Å². The summed E-state index contributed by atoms with van der Waals surface area (Å²) < 4.78 is 0. The molecule has 0 radical (unpaired) electrons. The van der Waals surface area contributed by atoms with E-state index in [0.717, 1.165) is 18.7 Å². The van der Waals surface area contributed by atoms with Gasteiger partial charge in [-0.25, -0.2) is 9.97 Å². The molecule has 0 aliphatic carbocycles. The third kappa shape index (κ3) is 4.24. The minimum absolute atomic E-state index is 0.279. The number of rotatable bonds is 7. The second kappa shape index (κ2) is 7.30. The number of aliphatic hydroxyl groups is 1. The summed E-state index contributed by atoms with van der Waals surface area (Å²) >= 11 is 0. The predicted molar refractivity (Wildman–Crippen MR) is 63.8 cm³/mol. The third-order valence-corrected chi connectivity index (χ3v) is 2.85. The summed E-state index contributed by atoms with van der Waals surface area (Å²) in [5.41, 5.74) is 0. The molecular weight excluding hydrogens is 202 g/mol. The van der Waals surface area contributed by atoms with E-state index < -0.39 is 0 Å². The molecular formula is C12H21N3O. The lowest BCUT2D eigenvalue weighted by atomic mass is 9.97. The number of aliphatic hydroxyl groups excluding tert-OH is 1. The molecule has 4 heteroatoms. The smallest absolute Gasteiger partial charge is 0.141 e. The van der Waals surface area contributed by atoms with E-state index in [1.54, 1.807) is 18.5 Å². The maximum absolute atomic E-state index is 9.88. The molecule has 0 aromatic carbocycles. The first-order chi connectivity index (χ1) is 7.77. The average molecular weight is 223 g/mol. The summed E-state index contributed by atoms with van der Waals surface area (Å²) in [4.78, 5) is 8.21. The molecule has 0 amide bonds. The van der Waals surface area contributed by atoms with Crippen LogP contribution in [0.2, 0.25) is 0 Å². The lowest BCUT2D eigenvalue weighted by Crippen LogP contribution is -2.32. The molecule has 0 saturated heterocycles. The normalized spacial score (nSPS) is 13.0. The van der Waals surface area contributed by atoms with E-state index in [1.807, 2.05) is 0 Å². The highest BCUT2D eigenvalue weighted by molar-refractivity contribution is 4.87. The summed E-state index contributed by atoms with van der Waals surface area (Å²) in [5.74, 6) is 1.14. The van der Waals surface area contributed by atoms with Crippen LogP contribution >= 0.6 is 0 Å². The Kier molecular flexibility index (Phi) is 5.96. The van der Waals surface area contributed by atoms with Gasteiger partial charge in [0.1, 0.15) is 5.82 Å². The molecule has 90 valence electrons. The molecule has 1 atom stereocenters. The first-order valence-corrected chi connectivity index (χ1v) is 5.92. The highest BCUT2D eigenvalue weighted by Crippen LogP contribution is 2.12. The van der Waals surface area contributed by atoms with E-state index in [-0.39, 0.29) is 6.10 Å². The van der Waals surface area contributed by atoms with E-state index in [2.05, 4.69) is 29.1 Å². The Morgan fingerprint density at radius 1 is 1.25 bits per heavy atom. The minimum Gasteiger partial charge on any atom is -0.392 e. The number of hydrogen-bond acceptors (Lipinski definition) is 4. The molecule has 2 N–H and O–H groups in total. The van der Waals surface area contributed by atoms with Crippen LogP contribution in [0, 0.1) is 5.92 Å². The van der Waals surface area contributed by atoms with Crippen molar-refractivity contribution >= 4 is 0 Å². The quantitative estimate of drug-likeness (QED) is 0.733. The van der Waals surface area contributed by atoms with Crippen molar-refractivity contribution in [3.63, 3.8) is 0 Å². The fourth-order valence-corrected chi connectivity index (χ4v) is 1.75. The van der Waals surface area contributed by atoms with Crippen molar-refractivity contribution in [3.05, 3.63) is 24.3 Å². The number of nitrogens with one attached hydrogen (secondary N) is 1. The van der Waals surface area contributed by atoms with Crippen molar-refractivity contribution in [2.24, 2.45) is 5.92 Å².